The molecule has 0 N–H and O–H groups in total. The second-order valence-corrected chi connectivity index (χ2v) is 6.36. The topological polar surface area (TPSA) is 51.2 Å². The summed E-state index contributed by atoms with van der Waals surface area (Å²) >= 11 is 0. The highest BCUT2D eigenvalue weighted by molar-refractivity contribution is 7.92. The molecule has 0 saturated heterocycles. The number of rotatable bonds is 3. The molecule has 1 fully saturated rings. The van der Waals surface area contributed by atoms with Gasteiger partial charge >= 0.3 is 0 Å². The number of benzene rings is 1. The van der Waals surface area contributed by atoms with Gasteiger partial charge in [0.2, 0.25) is 0 Å². The molecule has 4 heteroatoms. The Kier molecular flexibility index (Phi) is 2.84. The van der Waals surface area contributed by atoms with E-state index in [-0.39, 0.29) is 11.7 Å². The summed E-state index contributed by atoms with van der Waals surface area (Å²) in [5.74, 6) is -0.319. The molecular weight excluding hydrogens is 224 g/mol. The van der Waals surface area contributed by atoms with Crippen LogP contribution in [0.25, 0.3) is 0 Å². The van der Waals surface area contributed by atoms with Crippen molar-refractivity contribution >= 4 is 15.6 Å². The first kappa shape index (κ1) is 11.3. The fourth-order valence-corrected chi connectivity index (χ4v) is 4.18. The fourth-order valence-electron chi connectivity index (χ4n) is 2.09. The van der Waals surface area contributed by atoms with Crippen molar-refractivity contribution in [1.82, 2.24) is 0 Å². The minimum Gasteiger partial charge on any atom is -0.300 e. The Labute approximate surface area is 95.4 Å². The molecule has 0 heterocycles. The maximum absolute atomic E-state index is 12.2. The third-order valence-corrected chi connectivity index (χ3v) is 5.49. The molecule has 0 aliphatic heterocycles. The van der Waals surface area contributed by atoms with Gasteiger partial charge in [-0.2, -0.15) is 0 Å². The lowest BCUT2D eigenvalue weighted by Crippen LogP contribution is -2.42. The van der Waals surface area contributed by atoms with Gasteiger partial charge in [-0.1, -0.05) is 18.2 Å². The number of carbonyl (C=O) groups excluding carboxylic acids is 1. The molecule has 16 heavy (non-hydrogen) atoms. The van der Waals surface area contributed by atoms with Gasteiger partial charge in [-0.3, -0.25) is 4.79 Å². The number of hydrogen-bond acceptors (Lipinski definition) is 3. The van der Waals surface area contributed by atoms with E-state index in [1.165, 1.54) is 6.92 Å². The van der Waals surface area contributed by atoms with E-state index in [2.05, 4.69) is 0 Å². The Morgan fingerprint density at radius 2 is 1.81 bits per heavy atom. The molecule has 2 atom stereocenters. The van der Waals surface area contributed by atoms with Crippen molar-refractivity contribution in [2.45, 2.75) is 29.9 Å². The zero-order chi connectivity index (χ0) is 11.8. The van der Waals surface area contributed by atoms with E-state index in [9.17, 15) is 13.2 Å². The van der Waals surface area contributed by atoms with Crippen LogP contribution in [0.2, 0.25) is 0 Å². The van der Waals surface area contributed by atoms with Crippen molar-refractivity contribution in [3.63, 3.8) is 0 Å². The van der Waals surface area contributed by atoms with E-state index in [0.717, 1.165) is 0 Å². The smallest absolute Gasteiger partial charge is 0.181 e. The van der Waals surface area contributed by atoms with Gasteiger partial charge in [0.05, 0.1) is 10.1 Å². The van der Waals surface area contributed by atoms with Crippen LogP contribution in [-0.2, 0) is 14.6 Å². The third-order valence-electron chi connectivity index (χ3n) is 3.20. The van der Waals surface area contributed by atoms with Crippen molar-refractivity contribution in [2.24, 2.45) is 5.92 Å². The second-order valence-electron chi connectivity index (χ2n) is 4.19. The monoisotopic (exact) mass is 238 g/mol. The number of ketones is 1. The van der Waals surface area contributed by atoms with E-state index in [1.807, 2.05) is 0 Å². The van der Waals surface area contributed by atoms with Crippen LogP contribution in [-0.4, -0.2) is 19.5 Å². The molecule has 1 aliphatic rings. The summed E-state index contributed by atoms with van der Waals surface area (Å²) in [6, 6.07) is 8.36. The summed E-state index contributed by atoms with van der Waals surface area (Å²) in [5, 5.41) is -0.507. The van der Waals surface area contributed by atoms with E-state index in [1.54, 1.807) is 30.3 Å². The van der Waals surface area contributed by atoms with Gasteiger partial charge < -0.3 is 0 Å². The standard InChI is InChI=1S/C12H14O3S/c1-9(13)11-7-8-12(11)16(14,15)10-5-3-2-4-6-10/h2-6,11-12H,7-8H2,1H3/t11-,12+/m1/s1. The Morgan fingerprint density at radius 1 is 1.19 bits per heavy atom. The van der Waals surface area contributed by atoms with Crippen LogP contribution < -0.4 is 0 Å². The first-order chi connectivity index (χ1) is 7.53. The van der Waals surface area contributed by atoms with Crippen molar-refractivity contribution < 1.29 is 13.2 Å². The normalized spacial score (nSPS) is 24.8. The van der Waals surface area contributed by atoms with Gasteiger partial charge in [0.25, 0.3) is 0 Å². The maximum Gasteiger partial charge on any atom is 0.181 e. The van der Waals surface area contributed by atoms with Crippen LogP contribution in [0.15, 0.2) is 35.2 Å². The third kappa shape index (κ3) is 1.78. The number of sulfone groups is 1. The minimum absolute atomic E-state index is 0.0178. The van der Waals surface area contributed by atoms with Gasteiger partial charge in [0.1, 0.15) is 5.78 Å². The molecule has 1 saturated carbocycles. The average Bonchev–Trinajstić information content (AvgIpc) is 2.15. The molecule has 0 radical (unpaired) electrons. The summed E-state index contributed by atoms with van der Waals surface area (Å²) in [6.07, 6.45) is 1.30. The highest BCUT2D eigenvalue weighted by atomic mass is 32.2. The minimum atomic E-state index is -3.32. The molecule has 2 rings (SSSR count). The Balaban J connectivity index is 2.31. The van der Waals surface area contributed by atoms with Crippen molar-refractivity contribution in [3.8, 4) is 0 Å². The zero-order valence-corrected chi connectivity index (χ0v) is 9.91. The lowest BCUT2D eigenvalue weighted by Gasteiger charge is -2.34. The van der Waals surface area contributed by atoms with Gasteiger partial charge in [0, 0.05) is 5.92 Å². The van der Waals surface area contributed by atoms with Crippen LogP contribution in [0.3, 0.4) is 0 Å². The van der Waals surface area contributed by atoms with Crippen LogP contribution in [0.1, 0.15) is 19.8 Å². The molecule has 1 aromatic carbocycles. The maximum atomic E-state index is 12.2. The molecule has 0 unspecified atom stereocenters. The zero-order valence-electron chi connectivity index (χ0n) is 9.09. The Morgan fingerprint density at radius 3 is 2.25 bits per heavy atom. The van der Waals surface area contributed by atoms with Crippen LogP contribution in [0.4, 0.5) is 0 Å². The molecule has 3 nitrogen and oxygen atoms in total. The van der Waals surface area contributed by atoms with E-state index in [0.29, 0.717) is 17.7 Å². The Bertz CT molecular complexity index is 490. The van der Waals surface area contributed by atoms with Gasteiger partial charge in [0.15, 0.2) is 9.84 Å². The molecular formula is C12H14O3S. The average molecular weight is 238 g/mol. The number of hydrogen-bond donors (Lipinski definition) is 0. The first-order valence-corrected chi connectivity index (χ1v) is 6.87. The van der Waals surface area contributed by atoms with E-state index >= 15 is 0 Å². The lowest BCUT2D eigenvalue weighted by molar-refractivity contribution is -0.122. The molecule has 1 aliphatic carbocycles. The first-order valence-electron chi connectivity index (χ1n) is 5.33. The summed E-state index contributed by atoms with van der Waals surface area (Å²) in [6.45, 7) is 1.47. The quantitative estimate of drug-likeness (QED) is 0.807. The Hall–Kier alpha value is -1.16. The highest BCUT2D eigenvalue weighted by Crippen LogP contribution is 2.37. The lowest BCUT2D eigenvalue weighted by atomic mass is 9.82. The SMILES string of the molecule is CC(=O)[C@H]1CC[C@@H]1S(=O)(=O)c1ccccc1. The van der Waals surface area contributed by atoms with Crippen molar-refractivity contribution in [1.29, 1.82) is 0 Å². The summed E-state index contributed by atoms with van der Waals surface area (Å²) in [5.41, 5.74) is 0. The molecule has 0 amide bonds. The predicted octanol–water partition coefficient (Wildman–Crippen LogP) is 1.83. The van der Waals surface area contributed by atoms with E-state index < -0.39 is 15.1 Å². The highest BCUT2D eigenvalue weighted by Gasteiger charge is 2.43. The van der Waals surface area contributed by atoms with Crippen LogP contribution in [0, 0.1) is 5.92 Å². The van der Waals surface area contributed by atoms with E-state index in [4.69, 9.17) is 0 Å². The van der Waals surface area contributed by atoms with Crippen molar-refractivity contribution in [2.75, 3.05) is 0 Å². The van der Waals surface area contributed by atoms with Crippen LogP contribution in [0.5, 0.6) is 0 Å². The molecule has 0 spiro atoms. The van der Waals surface area contributed by atoms with Crippen LogP contribution >= 0.6 is 0 Å². The summed E-state index contributed by atoms with van der Waals surface area (Å²) in [7, 11) is -3.32. The summed E-state index contributed by atoms with van der Waals surface area (Å²) in [4.78, 5) is 11.6. The fraction of sp³-hybridized carbons (Fsp3) is 0.417. The van der Waals surface area contributed by atoms with Gasteiger partial charge in [-0.25, -0.2) is 8.42 Å². The second kappa shape index (κ2) is 4.01. The molecule has 1 aromatic rings. The number of carbonyl (C=O) groups is 1. The number of Topliss-reactive ketones (excluding diaryl/α,β-unsaturated/α-hetero) is 1. The molecule has 0 aromatic heterocycles. The molecule has 86 valence electrons. The predicted molar refractivity (Wildman–Crippen MR) is 60.8 cm³/mol. The largest absolute Gasteiger partial charge is 0.300 e. The van der Waals surface area contributed by atoms with Gasteiger partial charge in [-0.15, -0.1) is 0 Å². The summed E-state index contributed by atoms with van der Waals surface area (Å²) < 4.78 is 24.4. The molecule has 0 bridgehead atoms. The van der Waals surface area contributed by atoms with Gasteiger partial charge in [-0.05, 0) is 31.9 Å². The van der Waals surface area contributed by atoms with Crippen molar-refractivity contribution in [3.05, 3.63) is 30.3 Å².